The van der Waals surface area contributed by atoms with Crippen LogP contribution in [-0.2, 0) is 20.9 Å². The van der Waals surface area contributed by atoms with Crippen LogP contribution in [-0.4, -0.2) is 48.9 Å². The Hall–Kier alpha value is -3.22. The summed E-state index contributed by atoms with van der Waals surface area (Å²) < 4.78 is 74.4. The first-order chi connectivity index (χ1) is 16.5. The zero-order valence-corrected chi connectivity index (χ0v) is 19.4. The van der Waals surface area contributed by atoms with Crippen LogP contribution in [0.5, 0.6) is 0 Å². The topological polar surface area (TPSA) is 113 Å². The highest BCUT2D eigenvalue weighted by Crippen LogP contribution is 2.38. The second kappa shape index (κ2) is 9.80. The van der Waals surface area contributed by atoms with Crippen LogP contribution in [0.4, 0.5) is 24.8 Å². The lowest BCUT2D eigenvalue weighted by atomic mass is 10.0. The number of aliphatic hydroxyl groups excluding tert-OH is 1. The third-order valence-corrected chi connectivity index (χ3v) is 6.75. The number of alkyl halides is 3. The van der Waals surface area contributed by atoms with Gasteiger partial charge in [-0.2, -0.15) is 21.6 Å². The second-order valence-corrected chi connectivity index (χ2v) is 9.68. The van der Waals surface area contributed by atoms with Crippen molar-refractivity contribution in [3.8, 4) is 11.3 Å². The average Bonchev–Trinajstić information content (AvgIpc) is 2.80. The van der Waals surface area contributed by atoms with Crippen LogP contribution in [0.15, 0.2) is 59.6 Å². The van der Waals surface area contributed by atoms with Gasteiger partial charge in [0.25, 0.3) is 10.0 Å². The molecule has 186 valence electrons. The first kappa shape index (κ1) is 24.9. The van der Waals surface area contributed by atoms with Gasteiger partial charge >= 0.3 is 6.18 Å². The van der Waals surface area contributed by atoms with E-state index < -0.39 is 33.9 Å². The summed E-state index contributed by atoms with van der Waals surface area (Å²) in [6, 6.07) is 11.9. The van der Waals surface area contributed by atoms with E-state index in [0.717, 1.165) is 12.1 Å². The number of nitrogens with zero attached hydrogens (tertiary/aromatic N) is 2. The normalized spacial score (nSPS) is 18.8. The van der Waals surface area contributed by atoms with E-state index >= 15 is 0 Å². The third-order valence-electron chi connectivity index (χ3n) is 5.49. The number of rotatable bonds is 6. The van der Waals surface area contributed by atoms with Crippen molar-refractivity contribution in [2.75, 3.05) is 23.3 Å². The Bertz CT molecular complexity index is 1320. The van der Waals surface area contributed by atoms with E-state index in [2.05, 4.69) is 20.0 Å². The lowest BCUT2D eigenvalue weighted by molar-refractivity contribution is -0.137. The highest BCUT2D eigenvalue weighted by Gasteiger charge is 2.35. The van der Waals surface area contributed by atoms with Gasteiger partial charge in [-0.3, -0.25) is 4.72 Å². The minimum atomic E-state index is -4.68. The highest BCUT2D eigenvalue weighted by molar-refractivity contribution is 7.92. The Morgan fingerprint density at radius 2 is 1.80 bits per heavy atom. The molecule has 0 bridgehead atoms. The molecule has 1 fully saturated rings. The van der Waals surface area contributed by atoms with Gasteiger partial charge in [-0.1, -0.05) is 30.3 Å². The van der Waals surface area contributed by atoms with E-state index in [9.17, 15) is 26.7 Å². The lowest BCUT2D eigenvalue weighted by Crippen LogP contribution is -2.42. The number of benzene rings is 1. The average molecular weight is 509 g/mol. The summed E-state index contributed by atoms with van der Waals surface area (Å²) in [5.41, 5.74) is -0.573. The van der Waals surface area contributed by atoms with Crippen molar-refractivity contribution in [2.45, 2.75) is 36.7 Å². The molecule has 2 atom stereocenters. The molecule has 2 unspecified atom stereocenters. The molecule has 4 rings (SSSR count). The largest absolute Gasteiger partial charge is 0.418 e. The zero-order valence-electron chi connectivity index (χ0n) is 18.6. The molecule has 1 aromatic carbocycles. The first-order valence-electron chi connectivity index (χ1n) is 10.7. The van der Waals surface area contributed by atoms with Crippen LogP contribution in [0.3, 0.4) is 0 Å². The quantitative estimate of drug-likeness (QED) is 0.464. The molecule has 3 heterocycles. The highest BCUT2D eigenvalue weighted by atomic mass is 32.2. The van der Waals surface area contributed by atoms with Crippen molar-refractivity contribution >= 4 is 21.7 Å². The van der Waals surface area contributed by atoms with Crippen molar-refractivity contribution in [3.05, 3.63) is 65.7 Å². The molecule has 3 N–H and O–H groups in total. The number of aromatic nitrogens is 2. The molecule has 0 saturated carbocycles. The minimum absolute atomic E-state index is 0.198. The number of pyridine rings is 2. The summed E-state index contributed by atoms with van der Waals surface area (Å²) in [5.74, 6) is -0.0871. The number of aryl methyl sites for hydroxylation is 1. The number of halogens is 3. The predicted octanol–water partition coefficient (Wildman–Crippen LogP) is 3.83. The summed E-state index contributed by atoms with van der Waals surface area (Å²) >= 11 is 0. The Morgan fingerprint density at radius 3 is 2.51 bits per heavy atom. The minimum Gasteiger partial charge on any atom is -0.391 e. The van der Waals surface area contributed by atoms with Crippen LogP contribution in [0.25, 0.3) is 11.3 Å². The van der Waals surface area contributed by atoms with Gasteiger partial charge in [-0.05, 0) is 43.2 Å². The van der Waals surface area contributed by atoms with E-state index in [0.29, 0.717) is 18.6 Å². The molecule has 2 aromatic heterocycles. The van der Waals surface area contributed by atoms with Crippen molar-refractivity contribution < 1.29 is 31.4 Å². The van der Waals surface area contributed by atoms with E-state index in [1.807, 2.05) is 0 Å². The summed E-state index contributed by atoms with van der Waals surface area (Å²) in [6.45, 7) is 2.30. The number of anilines is 2. The molecule has 0 amide bonds. The number of ether oxygens (including phenoxy) is 1. The maximum absolute atomic E-state index is 13.6. The van der Waals surface area contributed by atoms with Crippen molar-refractivity contribution in [3.63, 3.8) is 0 Å². The Balaban J connectivity index is 1.64. The number of aliphatic hydroxyl groups is 1. The van der Waals surface area contributed by atoms with Crippen molar-refractivity contribution in [1.29, 1.82) is 0 Å². The molecular formula is C23H23F3N4O4S. The summed E-state index contributed by atoms with van der Waals surface area (Å²) in [4.78, 5) is 8.09. The summed E-state index contributed by atoms with van der Waals surface area (Å²) in [5, 5.41) is 12.7. The first-order valence-corrected chi connectivity index (χ1v) is 12.2. The fourth-order valence-corrected chi connectivity index (χ4v) is 4.65. The Kier molecular flexibility index (Phi) is 6.97. The molecule has 3 aromatic rings. The van der Waals surface area contributed by atoms with Gasteiger partial charge in [0.1, 0.15) is 11.6 Å². The number of hydrogen-bond donors (Lipinski definition) is 3. The standard InChI is InChI=1S/C23H23F3N4O4S/c1-14-5-2-3-6-15(14)22-16(23(24,25)26)9-10-20(29-22)30-35(32,33)21-8-4-7-19(28-21)27-17-13-34-12-11-18(17)31/h2-10,17-18,31H,11-13H2,1H3,(H,27,28)(H,29,30). The third kappa shape index (κ3) is 5.72. The number of sulfonamides is 1. The molecule has 0 spiro atoms. The van der Waals surface area contributed by atoms with Crippen LogP contribution in [0, 0.1) is 6.92 Å². The van der Waals surface area contributed by atoms with Crippen molar-refractivity contribution in [1.82, 2.24) is 9.97 Å². The molecule has 1 saturated heterocycles. The SMILES string of the molecule is Cc1ccccc1-c1nc(NS(=O)(=O)c2cccc(NC3COCCC3O)n2)ccc1C(F)(F)F. The van der Waals surface area contributed by atoms with Crippen molar-refractivity contribution in [2.24, 2.45) is 0 Å². The molecule has 0 radical (unpaired) electrons. The molecular weight excluding hydrogens is 485 g/mol. The second-order valence-electron chi connectivity index (χ2n) is 8.05. The van der Waals surface area contributed by atoms with E-state index in [4.69, 9.17) is 4.74 Å². The maximum atomic E-state index is 13.6. The van der Waals surface area contributed by atoms with Crippen LogP contribution < -0.4 is 10.0 Å². The van der Waals surface area contributed by atoms with Gasteiger partial charge in [0.15, 0.2) is 5.03 Å². The predicted molar refractivity (Wildman–Crippen MR) is 123 cm³/mol. The molecule has 0 aliphatic carbocycles. The smallest absolute Gasteiger partial charge is 0.391 e. The van der Waals surface area contributed by atoms with E-state index in [1.165, 1.54) is 24.3 Å². The van der Waals surface area contributed by atoms with Crippen LogP contribution >= 0.6 is 0 Å². The van der Waals surface area contributed by atoms with E-state index in [-0.39, 0.29) is 34.5 Å². The van der Waals surface area contributed by atoms with Gasteiger partial charge in [0.2, 0.25) is 0 Å². The lowest BCUT2D eigenvalue weighted by Gasteiger charge is -2.28. The van der Waals surface area contributed by atoms with Gasteiger partial charge in [0.05, 0.1) is 30.0 Å². The van der Waals surface area contributed by atoms with Crippen LogP contribution in [0.2, 0.25) is 0 Å². The molecule has 1 aliphatic rings. The number of nitrogens with one attached hydrogen (secondary N) is 2. The fourth-order valence-electron chi connectivity index (χ4n) is 3.68. The van der Waals surface area contributed by atoms with Crippen LogP contribution in [0.1, 0.15) is 17.5 Å². The number of hydrogen-bond acceptors (Lipinski definition) is 7. The Labute approximate surface area is 200 Å². The van der Waals surface area contributed by atoms with E-state index in [1.54, 1.807) is 25.1 Å². The molecule has 35 heavy (non-hydrogen) atoms. The monoisotopic (exact) mass is 508 g/mol. The fraction of sp³-hybridized carbons (Fsp3) is 0.304. The van der Waals surface area contributed by atoms with Gasteiger partial charge in [-0.15, -0.1) is 0 Å². The molecule has 12 heteroatoms. The van der Waals surface area contributed by atoms with Gasteiger partial charge < -0.3 is 15.2 Å². The summed E-state index contributed by atoms with van der Waals surface area (Å²) in [7, 11) is -4.29. The molecule has 1 aliphatic heterocycles. The summed E-state index contributed by atoms with van der Waals surface area (Å²) in [6.07, 6.45) is -4.93. The van der Waals surface area contributed by atoms with Gasteiger partial charge in [-0.25, -0.2) is 9.97 Å². The van der Waals surface area contributed by atoms with Gasteiger partial charge in [0, 0.05) is 12.2 Å². The Morgan fingerprint density at radius 1 is 1.03 bits per heavy atom. The zero-order chi connectivity index (χ0) is 25.2. The maximum Gasteiger partial charge on any atom is 0.418 e. The molecule has 8 nitrogen and oxygen atoms in total.